The summed E-state index contributed by atoms with van der Waals surface area (Å²) in [5, 5.41) is 0. The highest BCUT2D eigenvalue weighted by atomic mass is 16.6. The smallest absolute Gasteiger partial charge is 0.338 e. The zero-order chi connectivity index (χ0) is 52.6. The molecule has 0 fully saturated rings. The lowest BCUT2D eigenvalue weighted by Gasteiger charge is -2.14. The maximum atomic E-state index is 12.3. The first-order valence-corrected chi connectivity index (χ1v) is 26.2. The van der Waals surface area contributed by atoms with Gasteiger partial charge in [0.2, 0.25) is 0 Å². The molecule has 4 atom stereocenters. The molecule has 0 aliphatic heterocycles. The number of hydrogen-bond donors (Lipinski definition) is 0. The Kier molecular flexibility index (Phi) is 34.4. The van der Waals surface area contributed by atoms with Crippen molar-refractivity contribution < 1.29 is 76.3 Å². The van der Waals surface area contributed by atoms with E-state index in [9.17, 15) is 38.4 Å². The molecule has 2 rings (SSSR count). The van der Waals surface area contributed by atoms with E-state index in [2.05, 4.69) is 0 Å². The van der Waals surface area contributed by atoms with Crippen molar-refractivity contribution in [1.29, 1.82) is 0 Å². The molecule has 0 radical (unpaired) electrons. The van der Waals surface area contributed by atoms with Crippen molar-refractivity contribution in [3.8, 4) is 0 Å². The molecule has 402 valence electrons. The molecule has 0 N–H and O–H groups in total. The average molecular weight is 1010 g/mol. The number of ether oxygens (including phenoxy) is 8. The zero-order valence-corrected chi connectivity index (χ0v) is 43.4. The van der Waals surface area contributed by atoms with Gasteiger partial charge in [-0.1, -0.05) is 113 Å². The second-order valence-corrected chi connectivity index (χ2v) is 18.4. The number of carbonyl (C=O) groups is 8. The molecule has 0 aliphatic rings. The minimum Gasteiger partial charge on any atom is -0.462 e. The van der Waals surface area contributed by atoms with Crippen LogP contribution in [0.25, 0.3) is 0 Å². The maximum absolute atomic E-state index is 12.3. The summed E-state index contributed by atoms with van der Waals surface area (Å²) in [5.74, 6) is -2.88. The lowest BCUT2D eigenvalue weighted by Crippen LogP contribution is -2.22. The molecule has 0 heterocycles. The monoisotopic (exact) mass is 1010 g/mol. The van der Waals surface area contributed by atoms with Crippen molar-refractivity contribution in [1.82, 2.24) is 0 Å². The Morgan fingerprint density at radius 2 is 0.528 bits per heavy atom. The van der Waals surface area contributed by atoms with E-state index in [0.717, 1.165) is 77.0 Å². The summed E-state index contributed by atoms with van der Waals surface area (Å²) < 4.78 is 42.4. The topological polar surface area (TPSA) is 210 Å². The van der Waals surface area contributed by atoms with Gasteiger partial charge >= 0.3 is 47.8 Å². The van der Waals surface area contributed by atoms with Gasteiger partial charge in [0.1, 0.15) is 50.8 Å². The third-order valence-electron chi connectivity index (χ3n) is 11.2. The number of rotatable bonds is 41. The second kappa shape index (κ2) is 39.8. The first-order valence-electron chi connectivity index (χ1n) is 26.2. The molecule has 0 bridgehead atoms. The molecule has 2 aromatic carbocycles. The summed E-state index contributed by atoms with van der Waals surface area (Å²) in [6.07, 6.45) is 14.4. The van der Waals surface area contributed by atoms with E-state index >= 15 is 0 Å². The summed E-state index contributed by atoms with van der Waals surface area (Å²) in [6, 6.07) is 17.3. The van der Waals surface area contributed by atoms with E-state index in [1.165, 1.54) is 0 Å². The number of esters is 8. The Hall–Kier alpha value is -5.80. The van der Waals surface area contributed by atoms with Gasteiger partial charge in [-0.15, -0.1) is 0 Å². The predicted molar refractivity (Wildman–Crippen MR) is 268 cm³/mol. The molecule has 0 amide bonds. The van der Waals surface area contributed by atoms with Gasteiger partial charge in [-0.2, -0.15) is 0 Å². The zero-order valence-electron chi connectivity index (χ0n) is 43.4. The van der Waals surface area contributed by atoms with E-state index < -0.39 is 36.4 Å². The molecule has 16 nitrogen and oxygen atoms in total. The second-order valence-electron chi connectivity index (χ2n) is 18.4. The highest BCUT2D eigenvalue weighted by Gasteiger charge is 2.17. The fourth-order valence-corrected chi connectivity index (χ4v) is 7.25. The summed E-state index contributed by atoms with van der Waals surface area (Å²) in [5.41, 5.74) is 0.887. The van der Waals surface area contributed by atoms with Crippen LogP contribution in [0.3, 0.4) is 0 Å². The quantitative estimate of drug-likeness (QED) is 0.0344. The van der Waals surface area contributed by atoms with Gasteiger partial charge in [-0.25, -0.2) is 9.59 Å². The van der Waals surface area contributed by atoms with Crippen LogP contribution in [0.2, 0.25) is 0 Å². The first kappa shape index (κ1) is 62.3. The van der Waals surface area contributed by atoms with Crippen LogP contribution in [0.15, 0.2) is 60.7 Å². The van der Waals surface area contributed by atoms with E-state index in [0.29, 0.717) is 62.5 Å². The molecule has 4 unspecified atom stereocenters. The van der Waals surface area contributed by atoms with Crippen LogP contribution in [0.5, 0.6) is 0 Å². The third kappa shape index (κ3) is 33.7. The molecule has 16 heteroatoms. The van der Waals surface area contributed by atoms with Gasteiger partial charge in [0, 0.05) is 38.5 Å². The van der Waals surface area contributed by atoms with Gasteiger partial charge in [0.15, 0.2) is 0 Å². The normalized spacial score (nSPS) is 12.6. The van der Waals surface area contributed by atoms with E-state index in [4.69, 9.17) is 37.9 Å². The Bertz CT molecular complexity index is 1850. The molecule has 0 aliphatic carbocycles. The minimum absolute atomic E-state index is 0.00681. The van der Waals surface area contributed by atoms with E-state index in [-0.39, 0.29) is 87.9 Å². The Morgan fingerprint density at radius 1 is 0.292 bits per heavy atom. The third-order valence-corrected chi connectivity index (χ3v) is 11.2. The number of hydrogen-bond acceptors (Lipinski definition) is 16. The van der Waals surface area contributed by atoms with Crippen LogP contribution in [0.1, 0.15) is 203 Å². The number of carbonyl (C=O) groups excluding carboxylic acids is 8. The largest absolute Gasteiger partial charge is 0.462 e. The lowest BCUT2D eigenvalue weighted by molar-refractivity contribution is -0.158. The number of unbranched alkanes of at least 4 members (excludes halogenated alkanes) is 15. The molecule has 0 spiro atoms. The molecule has 72 heavy (non-hydrogen) atoms. The van der Waals surface area contributed by atoms with Crippen LogP contribution in [0.4, 0.5) is 0 Å². The lowest BCUT2D eigenvalue weighted by atomic mass is 10.1. The molecule has 0 aromatic heterocycles. The van der Waals surface area contributed by atoms with Gasteiger partial charge < -0.3 is 37.9 Å². The first-order chi connectivity index (χ1) is 34.7. The summed E-state index contributed by atoms with van der Waals surface area (Å²) >= 11 is 0. The molecular formula is C56H82O16. The molecule has 0 saturated heterocycles. The SMILES string of the molecule is CC(COC(=O)CCCCCCCCC(=O)OC(C)COC(=O)c1ccccc1)OC(=O)CCCCCCCCC(=O)OCC(C)OC(=O)CCCCCCCCC(=O)OCC(C)OC(=O)c1ccccc1. The summed E-state index contributed by atoms with van der Waals surface area (Å²) in [7, 11) is 0. The van der Waals surface area contributed by atoms with Crippen LogP contribution in [-0.4, -0.2) is 98.6 Å². The van der Waals surface area contributed by atoms with Gasteiger partial charge in [0.25, 0.3) is 0 Å². The standard InChI is InChI=1S/C56H82O16/c1-43(40-66-50(58)34-24-12-6-10-16-28-38-54(62)71-45(3)42-68-55(63)47-29-19-17-20-30-47)69-52(60)36-26-14-8-5-11-23-33-49(57)65-39-44(2)70-53(61)37-27-15-9-7-13-25-35-51(59)67-41-46(4)72-56(64)48-31-21-18-22-32-48/h17-22,29-32,43-46H,5-16,23-28,33-42H2,1-4H3. The molecule has 2 aromatic rings. The molecule has 0 saturated carbocycles. The van der Waals surface area contributed by atoms with Crippen molar-refractivity contribution in [2.75, 3.05) is 26.4 Å². The Labute approximate surface area is 427 Å². The molecular weight excluding hydrogens is 929 g/mol. The van der Waals surface area contributed by atoms with Crippen molar-refractivity contribution in [2.45, 2.75) is 206 Å². The van der Waals surface area contributed by atoms with Crippen molar-refractivity contribution in [3.63, 3.8) is 0 Å². The fourth-order valence-electron chi connectivity index (χ4n) is 7.25. The average Bonchev–Trinajstić information content (AvgIpc) is 3.36. The van der Waals surface area contributed by atoms with E-state index in [1.807, 2.05) is 12.1 Å². The predicted octanol–water partition coefficient (Wildman–Crippen LogP) is 10.9. The fraction of sp³-hybridized carbons (Fsp3) is 0.643. The highest BCUT2D eigenvalue weighted by Crippen LogP contribution is 2.15. The maximum Gasteiger partial charge on any atom is 0.338 e. The summed E-state index contributed by atoms with van der Waals surface area (Å²) in [4.78, 5) is 97.1. The summed E-state index contributed by atoms with van der Waals surface area (Å²) in [6.45, 7) is 6.77. The van der Waals surface area contributed by atoms with E-state index in [1.54, 1.807) is 76.2 Å². The van der Waals surface area contributed by atoms with Crippen LogP contribution in [0, 0.1) is 0 Å². The Balaban J connectivity index is 1.32. The van der Waals surface area contributed by atoms with Crippen LogP contribution in [-0.2, 0) is 66.7 Å². The van der Waals surface area contributed by atoms with Gasteiger partial charge in [-0.05, 0) is 90.5 Å². The Morgan fingerprint density at radius 3 is 0.833 bits per heavy atom. The van der Waals surface area contributed by atoms with Crippen molar-refractivity contribution >= 4 is 47.8 Å². The van der Waals surface area contributed by atoms with Crippen LogP contribution >= 0.6 is 0 Å². The van der Waals surface area contributed by atoms with Gasteiger partial charge in [0.05, 0.1) is 11.1 Å². The van der Waals surface area contributed by atoms with Crippen LogP contribution < -0.4 is 0 Å². The van der Waals surface area contributed by atoms with Crippen molar-refractivity contribution in [3.05, 3.63) is 71.8 Å². The van der Waals surface area contributed by atoms with Gasteiger partial charge in [-0.3, -0.25) is 28.8 Å². The highest BCUT2D eigenvalue weighted by molar-refractivity contribution is 5.89. The van der Waals surface area contributed by atoms with Crippen molar-refractivity contribution in [2.24, 2.45) is 0 Å². The number of benzene rings is 2. The minimum atomic E-state index is -0.547.